The summed E-state index contributed by atoms with van der Waals surface area (Å²) in [7, 11) is 1.51. The molecule has 0 radical (unpaired) electrons. The Bertz CT molecular complexity index is 1340. The van der Waals surface area contributed by atoms with Crippen molar-refractivity contribution in [3.8, 4) is 5.75 Å². The van der Waals surface area contributed by atoms with Gasteiger partial charge in [0.25, 0.3) is 0 Å². The lowest BCUT2D eigenvalue weighted by atomic mass is 9.99. The summed E-state index contributed by atoms with van der Waals surface area (Å²) in [4.78, 5) is 52.4. The van der Waals surface area contributed by atoms with E-state index < -0.39 is 47.9 Å². The van der Waals surface area contributed by atoms with Gasteiger partial charge in [0.15, 0.2) is 6.10 Å². The van der Waals surface area contributed by atoms with Gasteiger partial charge in [-0.2, -0.15) is 0 Å². The number of cyclic esters (lactones) is 2. The van der Waals surface area contributed by atoms with Crippen LogP contribution in [-0.2, 0) is 35.1 Å². The van der Waals surface area contributed by atoms with E-state index in [0.29, 0.717) is 22.8 Å². The number of nitrogens with one attached hydrogen (secondary N) is 2. The lowest BCUT2D eigenvalue weighted by Gasteiger charge is -2.25. The minimum absolute atomic E-state index is 0.0545. The number of rotatable bonds is 8. The fraction of sp³-hybridized carbons (Fsp3) is 0.412. The van der Waals surface area contributed by atoms with Crippen molar-refractivity contribution in [2.24, 2.45) is 11.8 Å². The van der Waals surface area contributed by atoms with Crippen LogP contribution >= 0.6 is 11.6 Å². The van der Waals surface area contributed by atoms with Gasteiger partial charge in [0.2, 0.25) is 11.8 Å². The molecule has 0 spiro atoms. The van der Waals surface area contributed by atoms with Gasteiger partial charge in [-0.05, 0) is 35.8 Å². The number of amides is 2. The predicted molar refractivity (Wildman–Crippen MR) is 169 cm³/mol. The van der Waals surface area contributed by atoms with Crippen LogP contribution in [0.25, 0.3) is 6.08 Å². The fourth-order valence-electron chi connectivity index (χ4n) is 4.56. The summed E-state index contributed by atoms with van der Waals surface area (Å²) in [5.41, 5.74) is 1.69. The van der Waals surface area contributed by atoms with Crippen molar-refractivity contribution in [2.75, 3.05) is 13.7 Å². The second kappa shape index (κ2) is 17.3. The van der Waals surface area contributed by atoms with Gasteiger partial charge in [-0.3, -0.25) is 14.4 Å². The summed E-state index contributed by atoms with van der Waals surface area (Å²) in [6, 6.07) is 13.9. The first-order valence-corrected chi connectivity index (χ1v) is 15.2. The Morgan fingerprint density at radius 2 is 1.82 bits per heavy atom. The van der Waals surface area contributed by atoms with Crippen LogP contribution < -0.4 is 15.4 Å². The van der Waals surface area contributed by atoms with Crippen molar-refractivity contribution in [1.82, 2.24) is 10.6 Å². The van der Waals surface area contributed by atoms with Crippen LogP contribution in [0, 0.1) is 11.8 Å². The molecule has 2 amide bonds. The van der Waals surface area contributed by atoms with Crippen molar-refractivity contribution >= 4 is 41.4 Å². The van der Waals surface area contributed by atoms with E-state index in [0.717, 1.165) is 5.56 Å². The fourth-order valence-corrected chi connectivity index (χ4v) is 4.84. The molecule has 0 aliphatic carbocycles. The summed E-state index contributed by atoms with van der Waals surface area (Å²) < 4.78 is 16.7. The Balaban J connectivity index is 1.88. The monoisotopic (exact) mass is 624 g/mol. The highest BCUT2D eigenvalue weighted by Gasteiger charge is 2.30. The Kier molecular flexibility index (Phi) is 13.5. The molecule has 1 aliphatic rings. The molecule has 10 heteroatoms. The van der Waals surface area contributed by atoms with Gasteiger partial charge in [-0.1, -0.05) is 93.4 Å². The zero-order chi connectivity index (χ0) is 32.1. The maximum absolute atomic E-state index is 13.2. The maximum Gasteiger partial charge on any atom is 0.347 e. The average molecular weight is 625 g/mol. The van der Waals surface area contributed by atoms with E-state index in [1.165, 1.54) is 13.2 Å². The summed E-state index contributed by atoms with van der Waals surface area (Å²) in [6.45, 7) is 5.33. The number of hydrogen-bond acceptors (Lipinski definition) is 7. The largest absolute Gasteiger partial charge is 0.495 e. The van der Waals surface area contributed by atoms with Crippen molar-refractivity contribution in [1.29, 1.82) is 0 Å². The molecule has 5 atom stereocenters. The highest BCUT2D eigenvalue weighted by molar-refractivity contribution is 6.32. The first-order chi connectivity index (χ1) is 21.1. The molecular formula is C34H41ClN2O7. The molecule has 0 bridgehead atoms. The number of carbonyl (C=O) groups is 4. The van der Waals surface area contributed by atoms with Crippen LogP contribution in [0.4, 0.5) is 0 Å². The molecule has 3 rings (SSSR count). The molecule has 2 aromatic rings. The molecular weight excluding hydrogens is 584 g/mol. The zero-order valence-electron chi connectivity index (χ0n) is 25.6. The Morgan fingerprint density at radius 1 is 1.07 bits per heavy atom. The molecule has 0 saturated heterocycles. The topological polar surface area (TPSA) is 120 Å². The number of esters is 2. The quantitative estimate of drug-likeness (QED) is 0.394. The molecule has 1 unspecified atom stereocenters. The number of methoxy groups -OCH3 is 1. The Labute approximate surface area is 264 Å². The van der Waals surface area contributed by atoms with E-state index in [1.54, 1.807) is 31.2 Å². The van der Waals surface area contributed by atoms with Crippen molar-refractivity contribution < 1.29 is 33.4 Å². The van der Waals surface area contributed by atoms with Crippen LogP contribution in [0.5, 0.6) is 5.75 Å². The highest BCUT2D eigenvalue weighted by Crippen LogP contribution is 2.25. The lowest BCUT2D eigenvalue weighted by Crippen LogP contribution is -2.49. The second-order valence-corrected chi connectivity index (χ2v) is 11.2. The molecule has 0 aromatic heterocycles. The van der Waals surface area contributed by atoms with Gasteiger partial charge in [-0.25, -0.2) is 4.79 Å². The van der Waals surface area contributed by atoms with Gasteiger partial charge in [0.1, 0.15) is 17.9 Å². The van der Waals surface area contributed by atoms with Gasteiger partial charge < -0.3 is 24.8 Å². The van der Waals surface area contributed by atoms with Crippen LogP contribution in [-0.4, -0.2) is 55.7 Å². The van der Waals surface area contributed by atoms with E-state index >= 15 is 0 Å². The van der Waals surface area contributed by atoms with E-state index in [2.05, 4.69) is 10.6 Å². The first-order valence-electron chi connectivity index (χ1n) is 14.8. The van der Waals surface area contributed by atoms with Gasteiger partial charge in [0, 0.05) is 25.3 Å². The standard InChI is InChI=1S/C34H41ClN2O7/c1-5-10-30-34(41)43-28(22(2)15-16-24-11-7-6-8-12-24)13-9-14-31(38)37-27(32(39)36-21-23(3)33(40)44-30)20-25-17-18-29(42-4)26(35)19-25/h6-9,11-12,14-19,22-23,27-28,30H,5,10,13,20-21H2,1-4H3,(H,36,39)(H,37,38)/b14-9+,16-15+/t22?,23-,27-,28+,30+/m1/s1. The summed E-state index contributed by atoms with van der Waals surface area (Å²) in [6.07, 6.45) is 6.31. The Morgan fingerprint density at radius 3 is 2.50 bits per heavy atom. The summed E-state index contributed by atoms with van der Waals surface area (Å²) >= 11 is 6.28. The first kappa shape index (κ1) is 34.4. The normalized spacial score (nSPS) is 23.7. The summed E-state index contributed by atoms with van der Waals surface area (Å²) in [5.74, 6) is -2.76. The third-order valence-electron chi connectivity index (χ3n) is 7.23. The minimum atomic E-state index is -1.09. The Hall–Kier alpha value is -4.11. The van der Waals surface area contributed by atoms with Gasteiger partial charge in [0.05, 0.1) is 18.1 Å². The molecule has 236 valence electrons. The summed E-state index contributed by atoms with van der Waals surface area (Å²) in [5, 5.41) is 5.84. The van der Waals surface area contributed by atoms with Crippen molar-refractivity contribution in [2.45, 2.75) is 64.7 Å². The molecule has 1 aliphatic heterocycles. The van der Waals surface area contributed by atoms with E-state index in [4.69, 9.17) is 25.8 Å². The molecule has 44 heavy (non-hydrogen) atoms. The van der Waals surface area contributed by atoms with Crippen molar-refractivity contribution in [3.05, 3.63) is 82.9 Å². The van der Waals surface area contributed by atoms with E-state index in [9.17, 15) is 19.2 Å². The third kappa shape index (κ3) is 10.6. The average Bonchev–Trinajstić information content (AvgIpc) is 3.01. The van der Waals surface area contributed by atoms with E-state index in [-0.39, 0.29) is 31.7 Å². The van der Waals surface area contributed by atoms with Crippen LogP contribution in [0.1, 0.15) is 51.2 Å². The number of carbonyl (C=O) groups excluding carboxylic acids is 4. The van der Waals surface area contributed by atoms with Crippen molar-refractivity contribution in [3.63, 3.8) is 0 Å². The maximum atomic E-state index is 13.2. The van der Waals surface area contributed by atoms with Crippen LogP contribution in [0.3, 0.4) is 0 Å². The SMILES string of the molecule is CCC[C@@H]1OC(=O)[C@H](C)CNC(=O)[C@@H](Cc2ccc(OC)c(Cl)c2)NC(=O)/C=C/C[C@@H](C(C)/C=C/c2ccccc2)OC1=O. The molecule has 9 nitrogen and oxygen atoms in total. The third-order valence-corrected chi connectivity index (χ3v) is 7.52. The lowest BCUT2D eigenvalue weighted by molar-refractivity contribution is -0.175. The van der Waals surface area contributed by atoms with Crippen LogP contribution in [0.15, 0.2) is 66.8 Å². The number of halogens is 1. The second-order valence-electron chi connectivity index (χ2n) is 10.8. The number of benzene rings is 2. The highest BCUT2D eigenvalue weighted by atomic mass is 35.5. The van der Waals surface area contributed by atoms with E-state index in [1.807, 2.05) is 56.3 Å². The molecule has 2 aromatic carbocycles. The smallest absolute Gasteiger partial charge is 0.347 e. The van der Waals surface area contributed by atoms with Crippen LogP contribution in [0.2, 0.25) is 5.02 Å². The number of ether oxygens (including phenoxy) is 3. The minimum Gasteiger partial charge on any atom is -0.495 e. The zero-order valence-corrected chi connectivity index (χ0v) is 26.3. The predicted octanol–water partition coefficient (Wildman–Crippen LogP) is 5.06. The van der Waals surface area contributed by atoms with Gasteiger partial charge in [-0.15, -0.1) is 0 Å². The number of hydrogen-bond donors (Lipinski definition) is 2. The molecule has 0 fully saturated rings. The molecule has 2 N–H and O–H groups in total. The molecule has 0 saturated carbocycles. The molecule has 1 heterocycles. The van der Waals surface area contributed by atoms with Gasteiger partial charge >= 0.3 is 11.9 Å².